The molecule has 3 aromatic carbocycles. The van der Waals surface area contributed by atoms with Gasteiger partial charge in [-0.25, -0.2) is 0 Å². The lowest BCUT2D eigenvalue weighted by Gasteiger charge is -2.27. The predicted octanol–water partition coefficient (Wildman–Crippen LogP) is 5.96. The number of hydrogen-bond donors (Lipinski definition) is 0. The van der Waals surface area contributed by atoms with Crippen LogP contribution in [-0.2, 0) is 4.79 Å². The molecule has 1 aliphatic heterocycles. The van der Waals surface area contributed by atoms with E-state index in [9.17, 15) is 18.0 Å². The molecule has 0 saturated heterocycles. The van der Waals surface area contributed by atoms with Crippen molar-refractivity contribution >= 4 is 17.3 Å². The first kappa shape index (κ1) is 22.9. The van der Waals surface area contributed by atoms with E-state index in [1.807, 2.05) is 48.2 Å². The van der Waals surface area contributed by atoms with Crippen LogP contribution in [0.4, 0.5) is 24.5 Å². The molecule has 0 unspecified atom stereocenters. The van der Waals surface area contributed by atoms with Crippen molar-refractivity contribution in [2.45, 2.75) is 19.3 Å². The number of rotatable bonds is 6. The van der Waals surface area contributed by atoms with Gasteiger partial charge in [-0.15, -0.1) is 13.2 Å². The minimum atomic E-state index is -4.83. The lowest BCUT2D eigenvalue weighted by Crippen LogP contribution is -2.34. The second kappa shape index (κ2) is 9.32. The second-order valence-corrected chi connectivity index (χ2v) is 7.53. The first-order chi connectivity index (χ1) is 16.3. The number of ether oxygens (including phenoxy) is 1. The molecule has 34 heavy (non-hydrogen) atoms. The first-order valence-electron chi connectivity index (χ1n) is 10.5. The number of hydrogen-bond acceptors (Lipinski definition) is 4. The molecule has 4 rings (SSSR count). The molecule has 1 heterocycles. The van der Waals surface area contributed by atoms with Crippen molar-refractivity contribution < 1.29 is 22.7 Å². The summed E-state index contributed by atoms with van der Waals surface area (Å²) in [5.41, 5.74) is 2.63. The molecule has 8 heteroatoms. The minimum absolute atomic E-state index is 0.303. The number of benzene rings is 3. The maximum absolute atomic E-state index is 13.7. The van der Waals surface area contributed by atoms with E-state index in [0.29, 0.717) is 29.1 Å². The van der Waals surface area contributed by atoms with Gasteiger partial charge in [0.05, 0.1) is 17.7 Å². The number of carbonyl (C=O) groups excluding carboxylic acids is 1. The third-order valence-corrected chi connectivity index (χ3v) is 5.41. The van der Waals surface area contributed by atoms with E-state index in [0.717, 1.165) is 5.69 Å². The maximum atomic E-state index is 13.7. The quantitative estimate of drug-likeness (QED) is 0.453. The Morgan fingerprint density at radius 3 is 2.35 bits per heavy atom. The highest BCUT2D eigenvalue weighted by molar-refractivity contribution is 6.11. The Balaban J connectivity index is 1.80. The fourth-order valence-corrected chi connectivity index (χ4v) is 3.97. The normalized spacial score (nSPS) is 15.6. The Labute approximate surface area is 194 Å². The average molecular weight is 463 g/mol. The van der Waals surface area contributed by atoms with Crippen LogP contribution in [-0.4, -0.2) is 18.8 Å². The zero-order chi connectivity index (χ0) is 24.3. The number of nitrogens with zero attached hydrogens (tertiary/aromatic N) is 3. The van der Waals surface area contributed by atoms with E-state index < -0.39 is 12.4 Å². The summed E-state index contributed by atoms with van der Waals surface area (Å²) in [5, 5.41) is 9.12. The Kier molecular flexibility index (Phi) is 6.28. The summed E-state index contributed by atoms with van der Waals surface area (Å²) in [4.78, 5) is 17.0. The molecule has 0 saturated carbocycles. The lowest BCUT2D eigenvalue weighted by molar-refractivity contribution is -0.274. The highest BCUT2D eigenvalue weighted by Gasteiger charge is 2.38. The van der Waals surface area contributed by atoms with E-state index in [2.05, 4.69) is 4.74 Å². The Bertz CT molecular complexity index is 1250. The number of amides is 1. The van der Waals surface area contributed by atoms with Crippen LogP contribution in [0.1, 0.15) is 24.1 Å². The Hall–Kier alpha value is -4.25. The Morgan fingerprint density at radius 1 is 1.03 bits per heavy atom. The Morgan fingerprint density at radius 2 is 1.74 bits per heavy atom. The van der Waals surface area contributed by atoms with Crippen LogP contribution in [0, 0.1) is 11.3 Å². The van der Waals surface area contributed by atoms with E-state index in [1.165, 1.54) is 23.1 Å². The molecule has 0 aromatic heterocycles. The molecule has 1 atom stereocenters. The number of alkyl halides is 3. The zero-order valence-corrected chi connectivity index (χ0v) is 18.2. The summed E-state index contributed by atoms with van der Waals surface area (Å²) < 4.78 is 42.5. The molecule has 0 spiro atoms. The molecule has 0 bridgehead atoms. The van der Waals surface area contributed by atoms with Gasteiger partial charge in [-0.1, -0.05) is 30.3 Å². The second-order valence-electron chi connectivity index (χ2n) is 7.53. The van der Waals surface area contributed by atoms with Gasteiger partial charge in [0.15, 0.2) is 0 Å². The molecule has 1 amide bonds. The fourth-order valence-electron chi connectivity index (χ4n) is 3.97. The number of likely N-dealkylation sites (N-methyl/N-ethyl adjacent to an activating group) is 1. The summed E-state index contributed by atoms with van der Waals surface area (Å²) in [5.74, 6) is -0.669. The molecule has 0 N–H and O–H groups in total. The first-order valence-corrected chi connectivity index (χ1v) is 10.5. The van der Waals surface area contributed by atoms with Gasteiger partial charge in [0.1, 0.15) is 11.4 Å². The third-order valence-electron chi connectivity index (χ3n) is 5.41. The number of nitriles is 1. The number of halogens is 3. The smallest absolute Gasteiger partial charge is 0.406 e. The largest absolute Gasteiger partial charge is 0.573 e. The monoisotopic (exact) mass is 463 g/mol. The molecule has 5 nitrogen and oxygen atoms in total. The molecule has 172 valence electrons. The van der Waals surface area contributed by atoms with E-state index in [-0.39, 0.29) is 11.7 Å². The predicted molar refractivity (Wildman–Crippen MR) is 122 cm³/mol. The number of para-hydroxylation sites is 1. The van der Waals surface area contributed by atoms with E-state index in [4.69, 9.17) is 5.26 Å². The van der Waals surface area contributed by atoms with Gasteiger partial charge in [-0.2, -0.15) is 5.26 Å². The van der Waals surface area contributed by atoms with Crippen molar-refractivity contribution in [2.24, 2.45) is 0 Å². The van der Waals surface area contributed by atoms with Crippen molar-refractivity contribution in [2.75, 3.05) is 16.3 Å². The van der Waals surface area contributed by atoms with Crippen LogP contribution in [0.25, 0.3) is 0 Å². The summed E-state index contributed by atoms with van der Waals surface area (Å²) in [7, 11) is 0. The summed E-state index contributed by atoms with van der Waals surface area (Å²) in [6.45, 7) is 2.42. The number of anilines is 2. The van der Waals surface area contributed by atoms with Crippen LogP contribution >= 0.6 is 0 Å². The zero-order valence-electron chi connectivity index (χ0n) is 18.2. The summed E-state index contributed by atoms with van der Waals surface area (Å²) in [6.07, 6.45) is -3.09. The van der Waals surface area contributed by atoms with Crippen LogP contribution in [0.5, 0.6) is 5.75 Å². The third kappa shape index (κ3) is 4.74. The van der Waals surface area contributed by atoms with Crippen LogP contribution in [0.15, 0.2) is 90.6 Å². The summed E-state index contributed by atoms with van der Waals surface area (Å²) in [6, 6.07) is 22.8. The molecule has 0 radical (unpaired) electrons. The highest BCUT2D eigenvalue weighted by Crippen LogP contribution is 2.39. The standard InChI is InChI=1S/C26H20F3N3O2/c1-2-31(20-8-4-3-5-9-20)24-16-23(19-7-6-10-22(15-19)34-26(27,28)29)32(25(24)33)21-13-11-18(17-30)12-14-21/h3-16,23H,2H2,1H3/t23-/m1/s1. The summed E-state index contributed by atoms with van der Waals surface area (Å²) >= 11 is 0. The van der Waals surface area contributed by atoms with Crippen molar-refractivity contribution in [3.05, 3.63) is 102 Å². The highest BCUT2D eigenvalue weighted by atomic mass is 19.4. The van der Waals surface area contributed by atoms with Gasteiger partial charge < -0.3 is 9.64 Å². The number of carbonyl (C=O) groups is 1. The van der Waals surface area contributed by atoms with Gasteiger partial charge in [-0.3, -0.25) is 9.69 Å². The van der Waals surface area contributed by atoms with Crippen molar-refractivity contribution in [1.29, 1.82) is 5.26 Å². The van der Waals surface area contributed by atoms with Crippen LogP contribution in [0.3, 0.4) is 0 Å². The van der Waals surface area contributed by atoms with Gasteiger partial charge >= 0.3 is 6.36 Å². The van der Waals surface area contributed by atoms with Gasteiger partial charge in [0, 0.05) is 17.9 Å². The molecule has 0 aliphatic carbocycles. The van der Waals surface area contributed by atoms with E-state index in [1.54, 1.807) is 36.4 Å². The van der Waals surface area contributed by atoms with Gasteiger partial charge in [0.25, 0.3) is 5.91 Å². The van der Waals surface area contributed by atoms with E-state index >= 15 is 0 Å². The SMILES string of the molecule is CCN(C1=C[C@H](c2cccc(OC(F)(F)F)c2)N(c2ccc(C#N)cc2)C1=O)c1ccccc1. The van der Waals surface area contributed by atoms with Gasteiger partial charge in [-0.05, 0) is 67.1 Å². The van der Waals surface area contributed by atoms with Gasteiger partial charge in [0.2, 0.25) is 0 Å². The average Bonchev–Trinajstić information content (AvgIpc) is 3.16. The minimum Gasteiger partial charge on any atom is -0.406 e. The fraction of sp³-hybridized carbons (Fsp3) is 0.154. The molecular formula is C26H20F3N3O2. The topological polar surface area (TPSA) is 56.6 Å². The molecule has 3 aromatic rings. The molecule has 0 fully saturated rings. The van der Waals surface area contributed by atoms with Crippen molar-refractivity contribution in [3.63, 3.8) is 0 Å². The van der Waals surface area contributed by atoms with Crippen LogP contribution < -0.4 is 14.5 Å². The van der Waals surface area contributed by atoms with Crippen molar-refractivity contribution in [1.82, 2.24) is 0 Å². The lowest BCUT2D eigenvalue weighted by atomic mass is 10.1. The molecule has 1 aliphatic rings. The van der Waals surface area contributed by atoms with Crippen LogP contribution in [0.2, 0.25) is 0 Å². The van der Waals surface area contributed by atoms with Crippen molar-refractivity contribution in [3.8, 4) is 11.8 Å². The maximum Gasteiger partial charge on any atom is 0.573 e. The molecular weight excluding hydrogens is 443 g/mol.